The summed E-state index contributed by atoms with van der Waals surface area (Å²) >= 11 is 0. The van der Waals surface area contributed by atoms with Gasteiger partial charge in [-0.2, -0.15) is 8.42 Å². The van der Waals surface area contributed by atoms with Crippen molar-refractivity contribution in [1.29, 1.82) is 0 Å². The second kappa shape index (κ2) is 4.63. The van der Waals surface area contributed by atoms with Crippen LogP contribution in [0.2, 0.25) is 0 Å². The Bertz CT molecular complexity index is 660. The third kappa shape index (κ3) is 2.76. The Balaban J connectivity index is 2.18. The first kappa shape index (κ1) is 12.3. The molecule has 2 aromatic rings. The van der Waals surface area contributed by atoms with Crippen molar-refractivity contribution in [2.24, 2.45) is 0 Å². The second-order valence-corrected chi connectivity index (χ2v) is 4.77. The summed E-state index contributed by atoms with van der Waals surface area (Å²) in [6, 6.07) is 10.8. The number of amides is 1. The van der Waals surface area contributed by atoms with Crippen molar-refractivity contribution in [3.63, 3.8) is 0 Å². The highest BCUT2D eigenvalue weighted by molar-refractivity contribution is 7.85. The number of nitrogens with one attached hydrogen (secondary N) is 1. The van der Waals surface area contributed by atoms with Gasteiger partial charge in [0.2, 0.25) is 5.09 Å². The maximum absolute atomic E-state index is 11.7. The predicted octanol–water partition coefficient (Wildman–Crippen LogP) is 1.78. The molecule has 0 bridgehead atoms. The van der Waals surface area contributed by atoms with Gasteiger partial charge in [-0.1, -0.05) is 18.2 Å². The lowest BCUT2D eigenvalue weighted by atomic mass is 10.3. The highest BCUT2D eigenvalue weighted by Gasteiger charge is 2.18. The Labute approximate surface area is 103 Å². The van der Waals surface area contributed by atoms with Crippen LogP contribution in [0, 0.1) is 0 Å². The lowest BCUT2D eigenvalue weighted by Crippen LogP contribution is -2.10. The van der Waals surface area contributed by atoms with E-state index in [4.69, 9.17) is 8.97 Å². The van der Waals surface area contributed by atoms with Crippen molar-refractivity contribution in [1.82, 2.24) is 0 Å². The summed E-state index contributed by atoms with van der Waals surface area (Å²) in [5.74, 6) is -0.803. The fourth-order valence-electron chi connectivity index (χ4n) is 1.29. The van der Waals surface area contributed by atoms with Crippen molar-refractivity contribution in [2.75, 3.05) is 5.32 Å². The van der Waals surface area contributed by atoms with Gasteiger partial charge in [0.15, 0.2) is 5.76 Å². The average Bonchev–Trinajstić information content (AvgIpc) is 2.79. The first-order chi connectivity index (χ1) is 8.47. The fraction of sp³-hybridized carbons (Fsp3) is 0. The number of hydrogen-bond acceptors (Lipinski definition) is 4. The van der Waals surface area contributed by atoms with E-state index in [1.54, 1.807) is 30.3 Å². The zero-order chi connectivity index (χ0) is 13.2. The minimum atomic E-state index is -4.44. The normalized spacial score (nSPS) is 11.2. The molecule has 0 saturated carbocycles. The van der Waals surface area contributed by atoms with E-state index in [2.05, 4.69) is 5.32 Å². The Morgan fingerprint density at radius 3 is 2.33 bits per heavy atom. The van der Waals surface area contributed by atoms with Gasteiger partial charge < -0.3 is 9.73 Å². The third-order valence-corrected chi connectivity index (χ3v) is 2.82. The number of furan rings is 1. The molecule has 7 heteroatoms. The van der Waals surface area contributed by atoms with Crippen LogP contribution in [0.3, 0.4) is 0 Å². The van der Waals surface area contributed by atoms with Gasteiger partial charge in [-0.3, -0.25) is 9.35 Å². The number of carbonyl (C=O) groups is 1. The maximum Gasteiger partial charge on any atom is 0.328 e. The van der Waals surface area contributed by atoms with Crippen LogP contribution >= 0.6 is 0 Å². The maximum atomic E-state index is 11.7. The molecule has 0 saturated heterocycles. The van der Waals surface area contributed by atoms with Crippen LogP contribution in [0.25, 0.3) is 0 Å². The number of para-hydroxylation sites is 1. The lowest BCUT2D eigenvalue weighted by Gasteiger charge is -2.01. The molecule has 0 spiro atoms. The molecule has 0 unspecified atom stereocenters. The average molecular weight is 267 g/mol. The molecule has 0 aliphatic rings. The van der Waals surface area contributed by atoms with Crippen molar-refractivity contribution in [3.05, 3.63) is 48.2 Å². The number of rotatable bonds is 3. The Morgan fingerprint density at radius 1 is 1.11 bits per heavy atom. The summed E-state index contributed by atoms with van der Waals surface area (Å²) in [6.07, 6.45) is 0. The summed E-state index contributed by atoms with van der Waals surface area (Å²) in [6.45, 7) is 0. The quantitative estimate of drug-likeness (QED) is 0.826. The van der Waals surface area contributed by atoms with Crippen LogP contribution in [0.1, 0.15) is 10.6 Å². The van der Waals surface area contributed by atoms with Gasteiger partial charge in [-0.05, 0) is 24.3 Å². The van der Waals surface area contributed by atoms with Crippen LogP contribution < -0.4 is 5.32 Å². The molecular formula is C11H9NO5S. The topological polar surface area (TPSA) is 96.6 Å². The summed E-state index contributed by atoms with van der Waals surface area (Å²) in [5, 5.41) is 1.85. The molecule has 0 radical (unpaired) electrons. The minimum Gasteiger partial charge on any atom is -0.437 e. The van der Waals surface area contributed by atoms with Crippen LogP contribution in [-0.4, -0.2) is 18.9 Å². The van der Waals surface area contributed by atoms with Crippen molar-refractivity contribution in [3.8, 4) is 0 Å². The number of hydrogen-bond donors (Lipinski definition) is 2. The molecule has 0 aliphatic carbocycles. The van der Waals surface area contributed by atoms with Gasteiger partial charge in [0.1, 0.15) is 0 Å². The molecular weight excluding hydrogens is 258 g/mol. The molecule has 0 atom stereocenters. The molecule has 2 N–H and O–H groups in total. The first-order valence-corrected chi connectivity index (χ1v) is 6.34. The summed E-state index contributed by atoms with van der Waals surface area (Å²) in [7, 11) is -4.44. The monoisotopic (exact) mass is 267 g/mol. The van der Waals surface area contributed by atoms with Crippen LogP contribution in [0.4, 0.5) is 5.69 Å². The summed E-state index contributed by atoms with van der Waals surface area (Å²) < 4.78 is 35.0. The Morgan fingerprint density at radius 2 is 1.78 bits per heavy atom. The van der Waals surface area contributed by atoms with E-state index in [9.17, 15) is 13.2 Å². The molecule has 1 aromatic carbocycles. The number of anilines is 1. The van der Waals surface area contributed by atoms with E-state index in [1.165, 1.54) is 6.07 Å². The van der Waals surface area contributed by atoms with E-state index in [0.29, 0.717) is 5.69 Å². The Hall–Kier alpha value is -2.12. The van der Waals surface area contributed by atoms with Gasteiger partial charge >= 0.3 is 10.1 Å². The highest BCUT2D eigenvalue weighted by Crippen LogP contribution is 2.15. The number of benzene rings is 1. The second-order valence-electron chi connectivity index (χ2n) is 3.41. The molecule has 0 aliphatic heterocycles. The van der Waals surface area contributed by atoms with E-state index >= 15 is 0 Å². The predicted molar refractivity (Wildman–Crippen MR) is 62.9 cm³/mol. The molecule has 1 heterocycles. The lowest BCUT2D eigenvalue weighted by molar-refractivity contribution is 0.0991. The van der Waals surface area contributed by atoms with Gasteiger partial charge in [0.05, 0.1) is 0 Å². The zero-order valence-electron chi connectivity index (χ0n) is 9.03. The molecule has 94 valence electrons. The van der Waals surface area contributed by atoms with E-state index in [1.807, 2.05) is 0 Å². The van der Waals surface area contributed by atoms with E-state index < -0.39 is 21.1 Å². The van der Waals surface area contributed by atoms with Crippen molar-refractivity contribution < 1.29 is 22.2 Å². The summed E-state index contributed by atoms with van der Waals surface area (Å²) in [5.41, 5.74) is 0.548. The van der Waals surface area contributed by atoms with E-state index in [0.717, 1.165) is 6.07 Å². The molecule has 18 heavy (non-hydrogen) atoms. The zero-order valence-corrected chi connectivity index (χ0v) is 9.85. The van der Waals surface area contributed by atoms with Crippen molar-refractivity contribution in [2.45, 2.75) is 5.09 Å². The SMILES string of the molecule is O=C(Nc1ccccc1)c1ccc(S(=O)(=O)O)o1. The molecule has 2 rings (SSSR count). The van der Waals surface area contributed by atoms with Crippen molar-refractivity contribution >= 4 is 21.7 Å². The molecule has 6 nitrogen and oxygen atoms in total. The smallest absolute Gasteiger partial charge is 0.328 e. The standard InChI is InChI=1S/C11H9NO5S/c13-11(12-8-4-2-1-3-5-8)9-6-7-10(17-9)18(14,15)16/h1-7H,(H,12,13)(H,14,15,16). The van der Waals surface area contributed by atoms with Gasteiger partial charge in [-0.25, -0.2) is 0 Å². The molecule has 0 fully saturated rings. The molecule has 1 aromatic heterocycles. The highest BCUT2D eigenvalue weighted by atomic mass is 32.2. The Kier molecular flexibility index (Phi) is 3.17. The van der Waals surface area contributed by atoms with Gasteiger partial charge in [0.25, 0.3) is 5.91 Å². The van der Waals surface area contributed by atoms with Gasteiger partial charge in [-0.15, -0.1) is 0 Å². The third-order valence-electron chi connectivity index (χ3n) is 2.09. The van der Waals surface area contributed by atoms with E-state index in [-0.39, 0.29) is 5.76 Å². The van der Waals surface area contributed by atoms with Crippen LogP contribution in [-0.2, 0) is 10.1 Å². The van der Waals surface area contributed by atoms with Gasteiger partial charge in [0, 0.05) is 5.69 Å². The minimum absolute atomic E-state index is 0.202. The fourth-order valence-corrected chi connectivity index (χ4v) is 1.73. The van der Waals surface area contributed by atoms with Crippen LogP contribution in [0.15, 0.2) is 52.0 Å². The van der Waals surface area contributed by atoms with Crippen LogP contribution in [0.5, 0.6) is 0 Å². The summed E-state index contributed by atoms with van der Waals surface area (Å²) in [4.78, 5) is 11.7. The largest absolute Gasteiger partial charge is 0.437 e. The first-order valence-electron chi connectivity index (χ1n) is 4.90. The number of carbonyl (C=O) groups excluding carboxylic acids is 1. The molecule has 1 amide bonds.